The van der Waals surface area contributed by atoms with Crippen LogP contribution < -0.4 is 14.4 Å². The van der Waals surface area contributed by atoms with Gasteiger partial charge in [0.2, 0.25) is 21.9 Å². The number of benzene rings is 2. The van der Waals surface area contributed by atoms with Crippen LogP contribution in [-0.4, -0.2) is 49.4 Å². The summed E-state index contributed by atoms with van der Waals surface area (Å²) < 4.78 is 40.0. The molecule has 0 aliphatic carbocycles. The van der Waals surface area contributed by atoms with Crippen molar-refractivity contribution in [1.82, 2.24) is 14.3 Å². The minimum Gasteiger partial charge on any atom is -0.493 e. The Morgan fingerprint density at radius 3 is 2.47 bits per heavy atom. The number of aromatic nitrogens is 2. The van der Waals surface area contributed by atoms with E-state index in [2.05, 4.69) is 11.8 Å². The molecular weight excluding hydrogens is 500 g/mol. The minimum absolute atomic E-state index is 0.103. The second-order valence-electron chi connectivity index (χ2n) is 9.22. The van der Waals surface area contributed by atoms with E-state index >= 15 is 0 Å². The molecule has 36 heavy (non-hydrogen) atoms. The van der Waals surface area contributed by atoms with Crippen molar-refractivity contribution in [3.63, 3.8) is 0 Å². The first-order valence-electron chi connectivity index (χ1n) is 12.1. The Labute approximate surface area is 216 Å². The van der Waals surface area contributed by atoms with Crippen LogP contribution in [0.1, 0.15) is 31.0 Å². The number of fused-ring (bicyclic) bond motifs is 1. The van der Waals surface area contributed by atoms with Crippen molar-refractivity contribution in [2.45, 2.75) is 37.6 Å². The number of halogens is 1. The molecule has 190 valence electrons. The number of methoxy groups -OCH3 is 1. The second-order valence-corrected chi connectivity index (χ2v) is 11.6. The molecule has 2 aliphatic heterocycles. The summed E-state index contributed by atoms with van der Waals surface area (Å²) in [4.78, 5) is 12.0. The normalized spacial score (nSPS) is 17.0. The Hall–Kier alpha value is -2.88. The highest BCUT2D eigenvalue weighted by atomic mass is 35.5. The molecule has 0 unspecified atom stereocenters. The molecule has 0 N–H and O–H groups in total. The van der Waals surface area contributed by atoms with Crippen LogP contribution in [0.5, 0.6) is 17.4 Å². The Morgan fingerprint density at radius 1 is 1.00 bits per heavy atom. The third-order valence-electron chi connectivity index (χ3n) is 6.75. The summed E-state index contributed by atoms with van der Waals surface area (Å²) >= 11 is 6.08. The van der Waals surface area contributed by atoms with E-state index in [9.17, 15) is 8.42 Å². The van der Waals surface area contributed by atoms with E-state index in [4.69, 9.17) is 31.0 Å². The van der Waals surface area contributed by atoms with E-state index in [0.29, 0.717) is 52.8 Å². The number of hydrogen-bond acceptors (Lipinski definition) is 7. The highest BCUT2D eigenvalue weighted by molar-refractivity contribution is 7.89. The maximum atomic E-state index is 13.4. The first kappa shape index (κ1) is 24.8. The first-order valence-corrected chi connectivity index (χ1v) is 13.9. The van der Waals surface area contributed by atoms with Crippen molar-refractivity contribution in [3.8, 4) is 17.4 Å². The maximum Gasteiger partial charge on any atom is 0.243 e. The fourth-order valence-corrected chi connectivity index (χ4v) is 6.28. The zero-order valence-electron chi connectivity index (χ0n) is 20.4. The topological polar surface area (TPSA) is 84.9 Å². The number of rotatable bonds is 6. The maximum absolute atomic E-state index is 13.4. The van der Waals surface area contributed by atoms with E-state index in [1.54, 1.807) is 31.4 Å². The predicted molar refractivity (Wildman–Crippen MR) is 138 cm³/mol. The third kappa shape index (κ3) is 5.00. The van der Waals surface area contributed by atoms with Crippen LogP contribution in [0.2, 0.25) is 5.02 Å². The van der Waals surface area contributed by atoms with Crippen molar-refractivity contribution in [1.29, 1.82) is 0 Å². The standard InChI is InChI=1S/C26H29ClN4O4S/c1-18-10-13-30(14-11-18)26-28-22-12-15-31(36(32,33)20-7-5-6-19(27)16-20)17-21(22)25(29-26)35-24-9-4-3-8-23(24)34-2/h3-9,16,18H,10-15,17H2,1-2H3. The highest BCUT2D eigenvalue weighted by Crippen LogP contribution is 2.37. The molecule has 0 bridgehead atoms. The lowest BCUT2D eigenvalue weighted by Crippen LogP contribution is -2.38. The number of anilines is 1. The molecule has 1 saturated heterocycles. The van der Waals surface area contributed by atoms with Crippen LogP contribution in [0, 0.1) is 5.92 Å². The summed E-state index contributed by atoms with van der Waals surface area (Å²) in [7, 11) is -2.18. The molecule has 0 amide bonds. The summed E-state index contributed by atoms with van der Waals surface area (Å²) in [6.45, 7) is 4.43. The van der Waals surface area contributed by atoms with Gasteiger partial charge in [-0.05, 0) is 49.1 Å². The Balaban J connectivity index is 1.53. The monoisotopic (exact) mass is 528 g/mol. The summed E-state index contributed by atoms with van der Waals surface area (Å²) in [6.07, 6.45) is 2.61. The summed E-state index contributed by atoms with van der Waals surface area (Å²) in [5, 5.41) is 0.373. The molecular formula is C26H29ClN4O4S. The zero-order chi connectivity index (χ0) is 25.3. The number of ether oxygens (including phenoxy) is 2. The Morgan fingerprint density at radius 2 is 1.75 bits per heavy atom. The summed E-state index contributed by atoms with van der Waals surface area (Å²) in [6, 6.07) is 13.6. The number of sulfonamides is 1. The van der Waals surface area contributed by atoms with Crippen molar-refractivity contribution >= 4 is 27.6 Å². The molecule has 3 heterocycles. The smallest absolute Gasteiger partial charge is 0.243 e. The van der Waals surface area contributed by atoms with Gasteiger partial charge in [-0.2, -0.15) is 9.29 Å². The second kappa shape index (κ2) is 10.2. The summed E-state index contributed by atoms with van der Waals surface area (Å²) in [5.41, 5.74) is 1.47. The van der Waals surface area contributed by atoms with Gasteiger partial charge in [-0.3, -0.25) is 0 Å². The Kier molecular flexibility index (Phi) is 7.05. The summed E-state index contributed by atoms with van der Waals surface area (Å²) in [5.74, 6) is 2.72. The van der Waals surface area contributed by atoms with Crippen LogP contribution in [0.25, 0.3) is 0 Å². The van der Waals surface area contributed by atoms with Crippen molar-refractivity contribution in [3.05, 3.63) is 64.8 Å². The van der Waals surface area contributed by atoms with Crippen molar-refractivity contribution in [2.24, 2.45) is 5.92 Å². The molecule has 8 nitrogen and oxygen atoms in total. The quantitative estimate of drug-likeness (QED) is 0.449. The van der Waals surface area contributed by atoms with Crippen LogP contribution in [0.3, 0.4) is 0 Å². The van der Waals surface area contributed by atoms with Crippen LogP contribution in [0.15, 0.2) is 53.4 Å². The third-order valence-corrected chi connectivity index (χ3v) is 8.83. The van der Waals surface area contributed by atoms with Crippen molar-refractivity contribution < 1.29 is 17.9 Å². The average molecular weight is 529 g/mol. The van der Waals surface area contributed by atoms with Gasteiger partial charge in [0, 0.05) is 37.6 Å². The predicted octanol–water partition coefficient (Wildman–Crippen LogP) is 4.91. The molecule has 0 atom stereocenters. The van der Waals surface area contributed by atoms with E-state index in [0.717, 1.165) is 31.6 Å². The van der Waals surface area contributed by atoms with Crippen LogP contribution in [0.4, 0.5) is 5.95 Å². The molecule has 1 fully saturated rings. The lowest BCUT2D eigenvalue weighted by Gasteiger charge is -2.33. The van der Waals surface area contributed by atoms with Gasteiger partial charge in [0.05, 0.1) is 23.3 Å². The van der Waals surface area contributed by atoms with E-state index in [1.807, 2.05) is 18.2 Å². The van der Waals surface area contributed by atoms with Gasteiger partial charge in [-0.1, -0.05) is 36.7 Å². The van der Waals surface area contributed by atoms with Gasteiger partial charge in [-0.25, -0.2) is 13.4 Å². The number of para-hydroxylation sites is 2. The van der Waals surface area contributed by atoms with Gasteiger partial charge in [0.15, 0.2) is 11.5 Å². The molecule has 5 rings (SSSR count). The molecule has 1 aromatic heterocycles. The zero-order valence-corrected chi connectivity index (χ0v) is 21.9. The molecule has 0 radical (unpaired) electrons. The van der Waals surface area contributed by atoms with Gasteiger partial charge in [0.25, 0.3) is 0 Å². The minimum atomic E-state index is -3.76. The fourth-order valence-electron chi connectivity index (χ4n) is 4.57. The van der Waals surface area contributed by atoms with Gasteiger partial charge >= 0.3 is 0 Å². The van der Waals surface area contributed by atoms with Gasteiger partial charge in [0.1, 0.15) is 0 Å². The number of hydrogen-bond donors (Lipinski definition) is 0. The molecule has 0 saturated carbocycles. The molecule has 3 aromatic rings. The van der Waals surface area contributed by atoms with E-state index < -0.39 is 10.0 Å². The average Bonchev–Trinajstić information content (AvgIpc) is 2.89. The number of piperidine rings is 1. The Bertz CT molecular complexity index is 1360. The van der Waals surface area contributed by atoms with Crippen molar-refractivity contribution in [2.75, 3.05) is 31.6 Å². The fraction of sp³-hybridized carbons (Fsp3) is 0.385. The van der Waals surface area contributed by atoms with Gasteiger partial charge in [-0.15, -0.1) is 0 Å². The SMILES string of the molecule is COc1ccccc1Oc1nc(N2CCC(C)CC2)nc2c1CN(S(=O)(=O)c1cccc(Cl)c1)CC2. The molecule has 2 aliphatic rings. The van der Waals surface area contributed by atoms with E-state index in [-0.39, 0.29) is 11.4 Å². The molecule has 0 spiro atoms. The lowest BCUT2D eigenvalue weighted by atomic mass is 9.99. The number of nitrogens with zero attached hydrogens (tertiary/aromatic N) is 4. The van der Waals surface area contributed by atoms with Crippen LogP contribution in [-0.2, 0) is 23.0 Å². The molecule has 10 heteroatoms. The van der Waals surface area contributed by atoms with E-state index in [1.165, 1.54) is 10.4 Å². The largest absolute Gasteiger partial charge is 0.493 e. The molecule has 2 aromatic carbocycles. The highest BCUT2D eigenvalue weighted by Gasteiger charge is 2.33. The first-order chi connectivity index (χ1) is 17.3. The van der Waals surface area contributed by atoms with Gasteiger partial charge < -0.3 is 14.4 Å². The van der Waals surface area contributed by atoms with Crippen LogP contribution >= 0.6 is 11.6 Å². The lowest BCUT2D eigenvalue weighted by molar-refractivity contribution is 0.352.